The molecule has 66 valence electrons. The van der Waals surface area contributed by atoms with E-state index in [-0.39, 0.29) is 11.9 Å². The second-order valence-corrected chi connectivity index (χ2v) is 3.77. The van der Waals surface area contributed by atoms with Crippen LogP contribution in [0.3, 0.4) is 0 Å². The van der Waals surface area contributed by atoms with Gasteiger partial charge in [0.05, 0.1) is 12.7 Å². The molecule has 0 amide bonds. The molecule has 0 radical (unpaired) electrons. The number of benzene rings is 1. The molecule has 1 aliphatic heterocycles. The van der Waals surface area contributed by atoms with Crippen molar-refractivity contribution in [2.45, 2.75) is 11.9 Å². The Morgan fingerprint density at radius 3 is 3.00 bits per heavy atom. The van der Waals surface area contributed by atoms with Crippen LogP contribution >= 0.6 is 0 Å². The van der Waals surface area contributed by atoms with E-state index in [9.17, 15) is 5.11 Å². The fourth-order valence-corrected chi connectivity index (χ4v) is 1.65. The van der Waals surface area contributed by atoms with Gasteiger partial charge >= 0.3 is 0 Å². The van der Waals surface area contributed by atoms with Gasteiger partial charge in [-0.05, 0) is 11.9 Å². The van der Waals surface area contributed by atoms with Gasteiger partial charge in [0.1, 0.15) is 21.4 Å². The number of rotatable bonds is 0. The van der Waals surface area contributed by atoms with Crippen LogP contribution in [-0.4, -0.2) is 27.4 Å². The third-order valence-corrected chi connectivity index (χ3v) is 2.52. The molecular weight excluding hydrogens is 162 g/mol. The van der Waals surface area contributed by atoms with E-state index < -0.39 is 0 Å². The van der Waals surface area contributed by atoms with E-state index in [1.54, 1.807) is 0 Å². The summed E-state index contributed by atoms with van der Waals surface area (Å²) in [5, 5.41) is 9.87. The molecule has 0 aliphatic carbocycles. The van der Waals surface area contributed by atoms with Crippen molar-refractivity contribution >= 4 is 21.2 Å². The summed E-state index contributed by atoms with van der Waals surface area (Å²) in [6, 6.07) is 5.93. The van der Waals surface area contributed by atoms with Crippen LogP contribution in [-0.2, 0) is 0 Å². The Balaban J connectivity index is 2.45. The summed E-state index contributed by atoms with van der Waals surface area (Å²) in [6.45, 7) is 0.608. The van der Waals surface area contributed by atoms with Gasteiger partial charge in [0.25, 0.3) is 0 Å². The van der Waals surface area contributed by atoms with Crippen LogP contribution in [0, 0.1) is 0 Å². The Kier molecular flexibility index (Phi) is 2.08. The molecular formula is C9H12B2O2. The molecule has 0 fully saturated rings. The highest BCUT2D eigenvalue weighted by atomic mass is 16.5. The van der Waals surface area contributed by atoms with E-state index in [1.807, 2.05) is 33.9 Å². The van der Waals surface area contributed by atoms with Gasteiger partial charge in [-0.3, -0.25) is 0 Å². The molecule has 13 heavy (non-hydrogen) atoms. The minimum Gasteiger partial charge on any atom is -0.494 e. The van der Waals surface area contributed by atoms with Crippen LogP contribution in [0.1, 0.15) is 11.7 Å². The maximum absolute atomic E-state index is 9.87. The van der Waals surface area contributed by atoms with Gasteiger partial charge < -0.3 is 9.84 Å². The maximum Gasteiger partial charge on any atom is 0.139 e. The summed E-state index contributed by atoms with van der Waals surface area (Å²) in [6.07, 6.45) is -0.372. The maximum atomic E-state index is 9.87. The number of aliphatic hydroxyl groups excluding tert-OH is 1. The molecule has 1 aromatic rings. The van der Waals surface area contributed by atoms with Crippen molar-refractivity contribution < 1.29 is 9.84 Å². The fourth-order valence-electron chi connectivity index (χ4n) is 1.65. The van der Waals surface area contributed by atoms with Crippen molar-refractivity contribution in [2.24, 2.45) is 0 Å². The van der Waals surface area contributed by atoms with Crippen molar-refractivity contribution in [3.05, 3.63) is 23.8 Å². The number of aliphatic hydroxyl groups is 1. The van der Waals surface area contributed by atoms with Gasteiger partial charge in [-0.2, -0.15) is 0 Å². The Morgan fingerprint density at radius 1 is 1.46 bits per heavy atom. The second kappa shape index (κ2) is 3.11. The van der Waals surface area contributed by atoms with Crippen molar-refractivity contribution in [1.29, 1.82) is 0 Å². The minimum absolute atomic E-state index is 0.189. The highest BCUT2D eigenvalue weighted by molar-refractivity contribution is 6.32. The Morgan fingerprint density at radius 2 is 2.23 bits per heavy atom. The van der Waals surface area contributed by atoms with Crippen molar-refractivity contribution in [3.63, 3.8) is 0 Å². The summed E-state index contributed by atoms with van der Waals surface area (Å²) in [5.41, 5.74) is 2.09. The Hall–Kier alpha value is -0.890. The predicted octanol–water partition coefficient (Wildman–Crippen LogP) is -1.21. The molecule has 2 nitrogen and oxygen atoms in total. The standard InChI is InChI=1S/C9H12B2O2/c10-5-1-2-8-6(3-5)9(12)7(11)4-13-8/h1-3,7,9,12H,4,10-11H2. The molecule has 4 heteroatoms. The lowest BCUT2D eigenvalue weighted by molar-refractivity contribution is 0.116. The van der Waals surface area contributed by atoms with Crippen LogP contribution in [0.2, 0.25) is 5.82 Å². The van der Waals surface area contributed by atoms with Crippen LogP contribution in [0.5, 0.6) is 5.75 Å². The van der Waals surface area contributed by atoms with Gasteiger partial charge in [0, 0.05) is 5.56 Å². The van der Waals surface area contributed by atoms with E-state index in [1.165, 1.54) is 0 Å². The first kappa shape index (κ1) is 8.70. The lowest BCUT2D eigenvalue weighted by Crippen LogP contribution is -2.23. The summed E-state index contributed by atoms with van der Waals surface area (Å²) in [5.74, 6) is 1.02. The zero-order chi connectivity index (χ0) is 9.42. The van der Waals surface area contributed by atoms with E-state index in [4.69, 9.17) is 4.74 Å². The molecule has 1 heterocycles. The first-order valence-corrected chi connectivity index (χ1v) is 4.60. The quantitative estimate of drug-likeness (QED) is 0.500. The summed E-state index contributed by atoms with van der Waals surface area (Å²) < 4.78 is 5.50. The second-order valence-electron chi connectivity index (χ2n) is 3.77. The van der Waals surface area contributed by atoms with Crippen molar-refractivity contribution in [1.82, 2.24) is 0 Å². The topological polar surface area (TPSA) is 29.5 Å². The molecule has 0 bridgehead atoms. The average Bonchev–Trinajstić information content (AvgIpc) is 2.12. The molecule has 2 atom stereocenters. The van der Waals surface area contributed by atoms with E-state index in [2.05, 4.69) is 0 Å². The van der Waals surface area contributed by atoms with Gasteiger partial charge in [-0.1, -0.05) is 17.6 Å². The molecule has 2 rings (SSSR count). The Labute approximate surface area is 79.7 Å². The third kappa shape index (κ3) is 1.46. The van der Waals surface area contributed by atoms with Crippen LogP contribution in [0.15, 0.2) is 18.2 Å². The van der Waals surface area contributed by atoms with Crippen molar-refractivity contribution in [2.75, 3.05) is 6.61 Å². The summed E-state index contributed by atoms with van der Waals surface area (Å²) in [7, 11) is 4.02. The fraction of sp³-hybridized carbons (Fsp3) is 0.333. The normalized spacial score (nSPS) is 26.2. The monoisotopic (exact) mass is 174 g/mol. The van der Waals surface area contributed by atoms with E-state index in [0.29, 0.717) is 6.61 Å². The third-order valence-electron chi connectivity index (χ3n) is 2.52. The smallest absolute Gasteiger partial charge is 0.139 e. The Bertz CT molecular complexity index is 327. The largest absolute Gasteiger partial charge is 0.494 e. The SMILES string of the molecule is Bc1ccc2c(c1)C(O)C(B)CO2. The molecule has 1 N–H and O–H groups in total. The molecule has 0 saturated heterocycles. The minimum atomic E-state index is -0.372. The van der Waals surface area contributed by atoms with Crippen LogP contribution in [0.25, 0.3) is 0 Å². The van der Waals surface area contributed by atoms with E-state index in [0.717, 1.165) is 16.8 Å². The molecule has 0 aromatic heterocycles. The average molecular weight is 174 g/mol. The number of fused-ring (bicyclic) bond motifs is 1. The van der Waals surface area contributed by atoms with Gasteiger partial charge in [0.2, 0.25) is 0 Å². The number of hydrogen-bond acceptors (Lipinski definition) is 2. The summed E-state index contributed by atoms with van der Waals surface area (Å²) >= 11 is 0. The van der Waals surface area contributed by atoms with Crippen molar-refractivity contribution in [3.8, 4) is 5.75 Å². The number of ether oxygens (including phenoxy) is 1. The first-order valence-electron chi connectivity index (χ1n) is 4.60. The van der Waals surface area contributed by atoms with Crippen LogP contribution in [0.4, 0.5) is 0 Å². The van der Waals surface area contributed by atoms with Gasteiger partial charge in [-0.15, -0.1) is 0 Å². The molecule has 0 saturated carbocycles. The molecule has 0 spiro atoms. The number of hydrogen-bond donors (Lipinski definition) is 1. The highest BCUT2D eigenvalue weighted by Crippen LogP contribution is 2.35. The predicted molar refractivity (Wildman–Crippen MR) is 57.4 cm³/mol. The lowest BCUT2D eigenvalue weighted by Gasteiger charge is -2.28. The zero-order valence-electron chi connectivity index (χ0n) is 7.95. The van der Waals surface area contributed by atoms with Gasteiger partial charge in [-0.25, -0.2) is 0 Å². The molecule has 1 aromatic carbocycles. The zero-order valence-corrected chi connectivity index (χ0v) is 7.95. The molecule has 2 unspecified atom stereocenters. The lowest BCUT2D eigenvalue weighted by atomic mass is 9.77. The molecule has 1 aliphatic rings. The van der Waals surface area contributed by atoms with E-state index >= 15 is 0 Å². The highest BCUT2D eigenvalue weighted by Gasteiger charge is 2.25. The summed E-state index contributed by atoms with van der Waals surface area (Å²) in [4.78, 5) is 0. The van der Waals surface area contributed by atoms with Gasteiger partial charge in [0.15, 0.2) is 0 Å². The first-order chi connectivity index (χ1) is 6.18. The van der Waals surface area contributed by atoms with Crippen LogP contribution < -0.4 is 10.2 Å².